The summed E-state index contributed by atoms with van der Waals surface area (Å²) in [4.78, 5) is 12.2. The first kappa shape index (κ1) is 8.43. The Kier molecular flexibility index (Phi) is 2.79. The highest BCUT2D eigenvalue weighted by atomic mass is 19.1. The van der Waals surface area contributed by atoms with Crippen molar-refractivity contribution in [3.8, 4) is 0 Å². The third-order valence-electron chi connectivity index (χ3n) is 2.01. The van der Waals surface area contributed by atoms with Crippen LogP contribution in [0.5, 0.6) is 0 Å². The molecule has 1 rings (SSSR count). The molecule has 0 radical (unpaired) electrons. The van der Waals surface area contributed by atoms with Crippen LogP contribution < -0.4 is 0 Å². The largest absolute Gasteiger partial charge is 0.315 e. The van der Waals surface area contributed by atoms with E-state index in [2.05, 4.69) is 0 Å². The lowest BCUT2D eigenvalue weighted by molar-refractivity contribution is -0.132. The molecule has 11 heavy (non-hydrogen) atoms. The lowest BCUT2D eigenvalue weighted by Gasteiger charge is -2.10. The number of nitrogens with zero attached hydrogens (tertiary/aromatic N) is 1. The molecule has 0 aromatic heterocycles. The van der Waals surface area contributed by atoms with E-state index in [1.807, 2.05) is 0 Å². The summed E-state index contributed by atoms with van der Waals surface area (Å²) in [6.45, 7) is -0.780. The fourth-order valence-corrected chi connectivity index (χ4v) is 1.32. The quantitative estimate of drug-likeness (QED) is 0.571. The zero-order valence-electron chi connectivity index (χ0n) is 6.22. The van der Waals surface area contributed by atoms with Crippen molar-refractivity contribution in [3.63, 3.8) is 0 Å². The molecule has 1 amide bonds. The van der Waals surface area contributed by atoms with E-state index in [-0.39, 0.29) is 18.2 Å². The molecule has 4 heteroatoms. The molecule has 0 aromatic carbocycles. The van der Waals surface area contributed by atoms with Crippen molar-refractivity contribution >= 4 is 5.91 Å². The molecule has 0 aromatic rings. The van der Waals surface area contributed by atoms with Crippen molar-refractivity contribution in [2.45, 2.75) is 12.8 Å². The van der Waals surface area contributed by atoms with Gasteiger partial charge in [-0.25, -0.2) is 4.39 Å². The Morgan fingerprint density at radius 1 is 1.55 bits per heavy atom. The molecule has 1 aliphatic heterocycles. The molecule has 0 bridgehead atoms. The Labute approximate surface area is 64.2 Å². The van der Waals surface area contributed by atoms with E-state index in [0.29, 0.717) is 13.0 Å². The molecule has 0 aliphatic carbocycles. The smallest absolute Gasteiger partial charge is 0.227 e. The Bertz CT molecular complexity index is 151. The maximum atomic E-state index is 12.0. The molecule has 1 aliphatic rings. The average molecular weight is 163 g/mol. The van der Waals surface area contributed by atoms with Crippen LogP contribution in [0.1, 0.15) is 12.8 Å². The van der Waals surface area contributed by atoms with E-state index in [0.717, 1.165) is 4.90 Å². The van der Waals surface area contributed by atoms with Crippen molar-refractivity contribution < 1.29 is 13.6 Å². The zero-order chi connectivity index (χ0) is 8.27. The van der Waals surface area contributed by atoms with Crippen molar-refractivity contribution in [2.24, 2.45) is 5.92 Å². The minimum Gasteiger partial charge on any atom is -0.315 e. The maximum absolute atomic E-state index is 12.0. The van der Waals surface area contributed by atoms with Gasteiger partial charge in [-0.15, -0.1) is 0 Å². The fraction of sp³-hybridized carbons (Fsp3) is 0.857. The monoisotopic (exact) mass is 163 g/mol. The second-order valence-corrected chi connectivity index (χ2v) is 2.68. The van der Waals surface area contributed by atoms with Crippen molar-refractivity contribution in [1.29, 1.82) is 0 Å². The van der Waals surface area contributed by atoms with Gasteiger partial charge in [0, 0.05) is 12.5 Å². The number of hydrogen-bond acceptors (Lipinski definition) is 1. The zero-order valence-corrected chi connectivity index (χ0v) is 6.22. The molecule has 0 spiro atoms. The van der Waals surface area contributed by atoms with E-state index in [1.165, 1.54) is 0 Å². The van der Waals surface area contributed by atoms with Gasteiger partial charge in [0.25, 0.3) is 0 Å². The summed E-state index contributed by atoms with van der Waals surface area (Å²) >= 11 is 0. The van der Waals surface area contributed by atoms with Gasteiger partial charge >= 0.3 is 0 Å². The SMILES string of the molecule is O=C1C(CCF)CCN1CF. The van der Waals surface area contributed by atoms with Gasteiger partial charge in [-0.3, -0.25) is 9.18 Å². The minimum absolute atomic E-state index is 0.231. The first-order valence-corrected chi connectivity index (χ1v) is 3.70. The number of rotatable bonds is 3. The molecule has 64 valence electrons. The van der Waals surface area contributed by atoms with Gasteiger partial charge in [0.1, 0.15) is 0 Å². The van der Waals surface area contributed by atoms with Crippen LogP contribution in [0.15, 0.2) is 0 Å². The van der Waals surface area contributed by atoms with E-state index >= 15 is 0 Å². The lowest BCUT2D eigenvalue weighted by atomic mass is 10.1. The summed E-state index contributed by atoms with van der Waals surface area (Å²) in [5.41, 5.74) is 0. The average Bonchev–Trinajstić information content (AvgIpc) is 2.34. The van der Waals surface area contributed by atoms with Gasteiger partial charge in [-0.05, 0) is 12.8 Å². The van der Waals surface area contributed by atoms with Gasteiger partial charge in [0.2, 0.25) is 5.91 Å². The maximum Gasteiger partial charge on any atom is 0.227 e. The van der Waals surface area contributed by atoms with Crippen LogP contribution in [0.2, 0.25) is 0 Å². The van der Waals surface area contributed by atoms with Crippen molar-refractivity contribution in [2.75, 3.05) is 20.0 Å². The summed E-state index contributed by atoms with van der Waals surface area (Å²) in [5, 5.41) is 0. The van der Waals surface area contributed by atoms with Gasteiger partial charge in [-0.1, -0.05) is 0 Å². The molecule has 1 unspecified atom stereocenters. The molecule has 1 fully saturated rings. The van der Waals surface area contributed by atoms with Gasteiger partial charge in [0.15, 0.2) is 6.80 Å². The summed E-state index contributed by atoms with van der Waals surface area (Å²) in [7, 11) is 0. The summed E-state index contributed by atoms with van der Waals surface area (Å²) in [6, 6.07) is 0. The third-order valence-corrected chi connectivity index (χ3v) is 2.01. The van der Waals surface area contributed by atoms with E-state index in [1.54, 1.807) is 0 Å². The van der Waals surface area contributed by atoms with Gasteiger partial charge in [-0.2, -0.15) is 0 Å². The molecule has 2 nitrogen and oxygen atoms in total. The van der Waals surface area contributed by atoms with Crippen molar-refractivity contribution in [3.05, 3.63) is 0 Å². The number of halogens is 2. The van der Waals surface area contributed by atoms with Crippen LogP contribution in [0.3, 0.4) is 0 Å². The molecule has 0 N–H and O–H groups in total. The second-order valence-electron chi connectivity index (χ2n) is 2.68. The predicted octanol–water partition coefficient (Wildman–Crippen LogP) is 1.12. The first-order chi connectivity index (χ1) is 5.29. The van der Waals surface area contributed by atoms with Gasteiger partial charge < -0.3 is 4.90 Å². The van der Waals surface area contributed by atoms with Crippen LogP contribution >= 0.6 is 0 Å². The lowest BCUT2D eigenvalue weighted by Crippen LogP contribution is -2.26. The van der Waals surface area contributed by atoms with Gasteiger partial charge in [0.05, 0.1) is 6.67 Å². The number of hydrogen-bond donors (Lipinski definition) is 0. The summed E-state index contributed by atoms with van der Waals surface area (Å²) in [5.74, 6) is -0.499. The highest BCUT2D eigenvalue weighted by molar-refractivity contribution is 5.80. The highest BCUT2D eigenvalue weighted by Crippen LogP contribution is 2.20. The Morgan fingerprint density at radius 3 is 2.73 bits per heavy atom. The summed E-state index contributed by atoms with van der Waals surface area (Å²) in [6.07, 6.45) is 0.849. The number of likely N-dealkylation sites (tertiary alicyclic amines) is 1. The van der Waals surface area contributed by atoms with Crippen LogP contribution in [-0.2, 0) is 4.79 Å². The van der Waals surface area contributed by atoms with E-state index in [9.17, 15) is 13.6 Å². The van der Waals surface area contributed by atoms with Crippen molar-refractivity contribution in [1.82, 2.24) is 4.90 Å². The van der Waals surface area contributed by atoms with Crippen LogP contribution in [-0.4, -0.2) is 30.8 Å². The molecule has 1 heterocycles. The van der Waals surface area contributed by atoms with Crippen LogP contribution in [0.4, 0.5) is 8.78 Å². The number of amides is 1. The topological polar surface area (TPSA) is 20.3 Å². The third kappa shape index (κ3) is 1.67. The van der Waals surface area contributed by atoms with Crippen LogP contribution in [0.25, 0.3) is 0 Å². The van der Waals surface area contributed by atoms with E-state index in [4.69, 9.17) is 0 Å². The Balaban J connectivity index is 2.42. The van der Waals surface area contributed by atoms with Crippen LogP contribution in [0, 0.1) is 5.92 Å². The van der Waals surface area contributed by atoms with E-state index < -0.39 is 13.5 Å². The molecule has 1 atom stereocenters. The number of carbonyl (C=O) groups excluding carboxylic acids is 1. The minimum atomic E-state index is -0.735. The number of alkyl halides is 2. The second kappa shape index (κ2) is 3.64. The molecule has 1 saturated heterocycles. The fourth-order valence-electron chi connectivity index (χ4n) is 1.32. The molecule has 0 saturated carbocycles. The standard InChI is InChI=1S/C7H11F2NO/c8-3-1-6-2-4-10(5-9)7(6)11/h6H,1-5H2. The highest BCUT2D eigenvalue weighted by Gasteiger charge is 2.30. The molecular formula is C7H11F2NO. The first-order valence-electron chi connectivity index (χ1n) is 3.70. The predicted molar refractivity (Wildman–Crippen MR) is 36.4 cm³/mol. The number of carbonyl (C=O) groups is 1. The summed E-state index contributed by atoms with van der Waals surface area (Å²) < 4.78 is 23.8. The normalized spacial score (nSPS) is 24.7. The Morgan fingerprint density at radius 2 is 2.27 bits per heavy atom. The molecular weight excluding hydrogens is 152 g/mol. The Hall–Kier alpha value is -0.670.